The van der Waals surface area contributed by atoms with Crippen LogP contribution in [0.5, 0.6) is 11.5 Å². The van der Waals surface area contributed by atoms with Gasteiger partial charge in [-0.15, -0.1) is 0 Å². The van der Waals surface area contributed by atoms with Gasteiger partial charge >= 0.3 is 6.18 Å². The number of halogens is 3. The van der Waals surface area contributed by atoms with Gasteiger partial charge in [0.2, 0.25) is 10.0 Å². The number of hydrogen-bond donors (Lipinski definition) is 1. The predicted molar refractivity (Wildman–Crippen MR) is 158 cm³/mol. The number of alkyl halides is 3. The molecule has 1 N–H and O–H groups in total. The molecule has 0 unspecified atom stereocenters. The van der Waals surface area contributed by atoms with Gasteiger partial charge in [0.05, 0.1) is 17.6 Å². The number of hydrogen-bond acceptors (Lipinski definition) is 5. The Labute approximate surface area is 248 Å². The van der Waals surface area contributed by atoms with E-state index in [0.717, 1.165) is 30.7 Å². The third-order valence-corrected chi connectivity index (χ3v) is 8.59. The van der Waals surface area contributed by atoms with Gasteiger partial charge in [0.15, 0.2) is 0 Å². The van der Waals surface area contributed by atoms with E-state index in [1.165, 1.54) is 6.07 Å². The Morgan fingerprint density at radius 3 is 2.26 bits per heavy atom. The van der Waals surface area contributed by atoms with Crippen LogP contribution in [0.25, 0.3) is 0 Å². The Bertz CT molecular complexity index is 1670. The topological polar surface area (TPSA) is 88.6 Å². The Hall–Kier alpha value is -4.38. The lowest BCUT2D eigenvalue weighted by Gasteiger charge is -2.32. The number of aromatic nitrogens is 1. The van der Waals surface area contributed by atoms with Crippen molar-refractivity contribution in [3.05, 3.63) is 119 Å². The van der Waals surface area contributed by atoms with Gasteiger partial charge in [0.1, 0.15) is 17.2 Å². The van der Waals surface area contributed by atoms with Crippen molar-refractivity contribution in [1.82, 2.24) is 9.88 Å². The van der Waals surface area contributed by atoms with Crippen LogP contribution in [-0.2, 0) is 22.0 Å². The van der Waals surface area contributed by atoms with Crippen LogP contribution in [-0.4, -0.2) is 37.3 Å². The first-order chi connectivity index (χ1) is 20.5. The first kappa shape index (κ1) is 30.1. The van der Waals surface area contributed by atoms with Crippen LogP contribution in [0, 0.1) is 6.92 Å². The molecule has 43 heavy (non-hydrogen) atoms. The van der Waals surface area contributed by atoms with Crippen molar-refractivity contribution in [2.75, 3.05) is 17.8 Å². The number of carbonyl (C=O) groups is 1. The largest absolute Gasteiger partial charge is 0.456 e. The zero-order valence-electron chi connectivity index (χ0n) is 23.3. The van der Waals surface area contributed by atoms with E-state index < -0.39 is 21.9 Å². The van der Waals surface area contributed by atoms with Crippen LogP contribution >= 0.6 is 0 Å². The number of piperidine rings is 1. The summed E-state index contributed by atoms with van der Waals surface area (Å²) in [4.78, 5) is 18.5. The molecule has 0 saturated carbocycles. The summed E-state index contributed by atoms with van der Waals surface area (Å²) in [5, 5.41) is 0. The molecule has 4 aromatic rings. The number of aryl methyl sites for hydroxylation is 1. The highest BCUT2D eigenvalue weighted by molar-refractivity contribution is 7.91. The lowest BCUT2D eigenvalue weighted by molar-refractivity contribution is -0.141. The molecule has 2 heterocycles. The third kappa shape index (κ3) is 7.72. The number of nitrogens with one attached hydrogen (secondary N) is 1. The highest BCUT2D eigenvalue weighted by Crippen LogP contribution is 2.32. The van der Waals surface area contributed by atoms with Gasteiger partial charge in [0.25, 0.3) is 5.91 Å². The van der Waals surface area contributed by atoms with Crippen molar-refractivity contribution in [2.45, 2.75) is 37.6 Å². The minimum atomic E-state index is -4.51. The summed E-state index contributed by atoms with van der Waals surface area (Å²) in [5.41, 5.74) is 2.28. The van der Waals surface area contributed by atoms with Crippen molar-refractivity contribution in [2.24, 2.45) is 0 Å². The fraction of sp³-hybridized carbons (Fsp3) is 0.250. The average molecular weight is 610 g/mol. The number of sulfonamides is 1. The van der Waals surface area contributed by atoms with Crippen LogP contribution < -0.4 is 9.46 Å². The molecule has 1 amide bonds. The number of nitrogens with zero attached hydrogens (tertiary/aromatic N) is 2. The van der Waals surface area contributed by atoms with Crippen LogP contribution in [0.1, 0.15) is 51.5 Å². The van der Waals surface area contributed by atoms with Gasteiger partial charge < -0.3 is 9.64 Å². The monoisotopic (exact) mass is 609 g/mol. The lowest BCUT2D eigenvalue weighted by atomic mass is 9.89. The molecular weight excluding hydrogens is 579 g/mol. The average Bonchev–Trinajstić information content (AvgIpc) is 2.98. The molecule has 1 aromatic heterocycles. The minimum absolute atomic E-state index is 0.157. The predicted octanol–water partition coefficient (Wildman–Crippen LogP) is 7.16. The van der Waals surface area contributed by atoms with E-state index in [1.54, 1.807) is 66.4 Å². The molecule has 3 aromatic carbocycles. The zero-order chi connectivity index (χ0) is 30.6. The second kappa shape index (κ2) is 12.5. The Morgan fingerprint density at radius 2 is 1.63 bits per heavy atom. The van der Waals surface area contributed by atoms with Crippen LogP contribution in [0.3, 0.4) is 0 Å². The molecule has 0 bridgehead atoms. The van der Waals surface area contributed by atoms with E-state index >= 15 is 0 Å². The van der Waals surface area contributed by atoms with Gasteiger partial charge in [0, 0.05) is 18.7 Å². The molecule has 5 rings (SSSR count). The summed E-state index contributed by atoms with van der Waals surface area (Å²) in [5.74, 6) is 0.585. The SMILES string of the molecule is Cc1ccc(C(=O)N2CCC(c3ccc(Oc4ccc(C(F)(F)F)nc4)cc3)CC2)cc1NS(=O)(=O)Cc1ccccc1. The number of pyridine rings is 1. The molecule has 7 nitrogen and oxygen atoms in total. The summed E-state index contributed by atoms with van der Waals surface area (Å²) < 4.78 is 72.0. The summed E-state index contributed by atoms with van der Waals surface area (Å²) in [6.07, 6.45) is -1.97. The maximum atomic E-state index is 13.3. The zero-order valence-corrected chi connectivity index (χ0v) is 24.2. The second-order valence-corrected chi connectivity index (χ2v) is 12.2. The molecule has 1 aliphatic heterocycles. The van der Waals surface area contributed by atoms with Gasteiger partial charge in [-0.1, -0.05) is 48.5 Å². The molecule has 0 spiro atoms. The maximum Gasteiger partial charge on any atom is 0.433 e. The number of benzene rings is 3. The Balaban J connectivity index is 1.17. The molecule has 1 aliphatic rings. The summed E-state index contributed by atoms with van der Waals surface area (Å²) >= 11 is 0. The number of likely N-dealkylation sites (tertiary alicyclic amines) is 1. The van der Waals surface area contributed by atoms with Crippen molar-refractivity contribution < 1.29 is 31.1 Å². The highest BCUT2D eigenvalue weighted by Gasteiger charge is 2.32. The van der Waals surface area contributed by atoms with Crippen LogP contribution in [0.4, 0.5) is 18.9 Å². The molecule has 0 aliphatic carbocycles. The molecule has 1 saturated heterocycles. The summed E-state index contributed by atoms with van der Waals surface area (Å²) in [6, 6.07) is 23.4. The summed E-state index contributed by atoms with van der Waals surface area (Å²) in [6.45, 7) is 2.88. The normalized spacial score (nSPS) is 14.4. The van der Waals surface area contributed by atoms with Crippen molar-refractivity contribution in [1.29, 1.82) is 0 Å². The van der Waals surface area contributed by atoms with E-state index in [9.17, 15) is 26.4 Å². The molecule has 0 atom stereocenters. The van der Waals surface area contributed by atoms with Gasteiger partial charge in [-0.25, -0.2) is 13.4 Å². The molecule has 1 fully saturated rings. The number of anilines is 1. The minimum Gasteiger partial charge on any atom is -0.456 e. The quantitative estimate of drug-likeness (QED) is 0.229. The number of rotatable bonds is 8. The van der Waals surface area contributed by atoms with Crippen LogP contribution in [0.2, 0.25) is 0 Å². The van der Waals surface area contributed by atoms with Crippen molar-refractivity contribution in [3.63, 3.8) is 0 Å². The van der Waals surface area contributed by atoms with E-state index in [4.69, 9.17) is 4.74 Å². The van der Waals surface area contributed by atoms with Gasteiger partial charge in [-0.2, -0.15) is 13.2 Å². The fourth-order valence-corrected chi connectivity index (χ4v) is 6.27. The Kier molecular flexibility index (Phi) is 8.72. The van der Waals surface area contributed by atoms with E-state index in [2.05, 4.69) is 9.71 Å². The third-order valence-electron chi connectivity index (χ3n) is 7.35. The number of amides is 1. The number of ether oxygens (including phenoxy) is 1. The molecule has 11 heteroatoms. The van der Waals surface area contributed by atoms with Crippen LogP contribution in [0.15, 0.2) is 91.1 Å². The first-order valence-corrected chi connectivity index (χ1v) is 15.4. The van der Waals surface area contributed by atoms with Crippen molar-refractivity contribution >= 4 is 21.6 Å². The molecule has 0 radical (unpaired) electrons. The Morgan fingerprint density at radius 1 is 0.953 bits per heavy atom. The maximum absolute atomic E-state index is 13.3. The first-order valence-electron chi connectivity index (χ1n) is 13.7. The van der Waals surface area contributed by atoms with Gasteiger partial charge in [-0.3, -0.25) is 9.52 Å². The van der Waals surface area contributed by atoms with Gasteiger partial charge in [-0.05, 0) is 78.8 Å². The standard InChI is InChI=1S/C32H30F3N3O4S/c1-22-7-8-26(19-29(22)37-43(40,41)21-23-5-3-2-4-6-23)31(39)38-17-15-25(16-18-38)24-9-11-27(12-10-24)42-28-13-14-30(36-20-28)32(33,34)35/h2-14,19-20,25,37H,15-18,21H2,1H3. The fourth-order valence-electron chi connectivity index (χ4n) is 5.01. The number of carbonyl (C=O) groups excluding carboxylic acids is 1. The smallest absolute Gasteiger partial charge is 0.433 e. The van der Waals surface area contributed by atoms with Crippen molar-refractivity contribution in [3.8, 4) is 11.5 Å². The second-order valence-electron chi connectivity index (χ2n) is 10.5. The lowest BCUT2D eigenvalue weighted by Crippen LogP contribution is -2.38. The molecule has 224 valence electrons. The highest BCUT2D eigenvalue weighted by atomic mass is 32.2. The molecular formula is C32H30F3N3O4S. The summed E-state index contributed by atoms with van der Waals surface area (Å²) in [7, 11) is -3.67. The van der Waals surface area contributed by atoms with E-state index in [1.807, 2.05) is 18.2 Å². The van der Waals surface area contributed by atoms with E-state index in [0.29, 0.717) is 41.2 Å². The van der Waals surface area contributed by atoms with E-state index in [-0.39, 0.29) is 23.3 Å².